The molecule has 0 N–H and O–H groups in total. The van der Waals surface area contributed by atoms with Gasteiger partial charge in [-0.25, -0.2) is 0 Å². The van der Waals surface area contributed by atoms with Crippen LogP contribution in [0, 0.1) is 0 Å². The van der Waals surface area contributed by atoms with Crippen LogP contribution in [-0.2, 0) is 28.6 Å². The van der Waals surface area contributed by atoms with Crippen LogP contribution in [0.4, 0.5) is 0 Å². The van der Waals surface area contributed by atoms with E-state index in [0.717, 1.165) is 70.6 Å². The predicted octanol–water partition coefficient (Wildman–Crippen LogP) is 17.2. The fourth-order valence-electron chi connectivity index (χ4n) is 7.67. The largest absolute Gasteiger partial charge is 0.462 e. The highest BCUT2D eigenvalue weighted by Crippen LogP contribution is 2.16. The second kappa shape index (κ2) is 49.5. The average molecular weight is 845 g/mol. The molecule has 0 bridgehead atoms. The van der Waals surface area contributed by atoms with Gasteiger partial charge in [-0.3, -0.25) is 14.4 Å². The van der Waals surface area contributed by atoms with Gasteiger partial charge in [-0.05, 0) is 70.6 Å². The Morgan fingerprint density at radius 3 is 0.867 bits per heavy atom. The van der Waals surface area contributed by atoms with Crippen molar-refractivity contribution in [1.29, 1.82) is 0 Å². The molecule has 0 aromatic carbocycles. The zero-order chi connectivity index (χ0) is 43.7. The maximum absolute atomic E-state index is 12.7. The normalized spacial score (nSPS) is 12.1. The van der Waals surface area contributed by atoms with Crippen molar-refractivity contribution in [2.24, 2.45) is 0 Å². The Morgan fingerprint density at radius 2 is 0.550 bits per heavy atom. The van der Waals surface area contributed by atoms with Crippen LogP contribution < -0.4 is 0 Å². The first-order valence-corrected chi connectivity index (χ1v) is 26.3. The maximum atomic E-state index is 12.7. The van der Waals surface area contributed by atoms with Crippen molar-refractivity contribution in [2.45, 2.75) is 290 Å². The molecular weight excluding hydrogens is 745 g/mol. The van der Waals surface area contributed by atoms with E-state index < -0.39 is 6.10 Å². The summed E-state index contributed by atoms with van der Waals surface area (Å²) in [6.45, 7) is 6.54. The predicted molar refractivity (Wildman–Crippen MR) is 256 cm³/mol. The molecule has 0 aromatic heterocycles. The lowest BCUT2D eigenvalue weighted by atomic mass is 10.0. The van der Waals surface area contributed by atoms with E-state index in [1.54, 1.807) is 0 Å². The third-order valence-electron chi connectivity index (χ3n) is 11.7. The fourth-order valence-corrected chi connectivity index (χ4v) is 7.67. The summed E-state index contributed by atoms with van der Waals surface area (Å²) in [6, 6.07) is 0. The number of hydrogen-bond donors (Lipinski definition) is 0. The number of hydrogen-bond acceptors (Lipinski definition) is 6. The minimum Gasteiger partial charge on any atom is -0.462 e. The van der Waals surface area contributed by atoms with Gasteiger partial charge >= 0.3 is 17.9 Å². The summed E-state index contributed by atoms with van der Waals surface area (Å²) >= 11 is 0. The van der Waals surface area contributed by atoms with Crippen molar-refractivity contribution >= 4 is 17.9 Å². The van der Waals surface area contributed by atoms with Crippen molar-refractivity contribution in [1.82, 2.24) is 0 Å². The molecule has 0 aromatic rings. The minimum atomic E-state index is -0.768. The van der Waals surface area contributed by atoms with Gasteiger partial charge in [0, 0.05) is 19.3 Å². The van der Waals surface area contributed by atoms with Gasteiger partial charge in [0.2, 0.25) is 0 Å². The number of esters is 3. The molecule has 1 unspecified atom stereocenters. The summed E-state index contributed by atoms with van der Waals surface area (Å²) in [5, 5.41) is 0. The molecule has 0 aliphatic rings. The summed E-state index contributed by atoms with van der Waals surface area (Å²) in [5.74, 6) is -0.887. The Hall–Kier alpha value is -2.11. The molecule has 0 saturated heterocycles. The van der Waals surface area contributed by atoms with Gasteiger partial charge < -0.3 is 14.2 Å². The highest BCUT2D eigenvalue weighted by atomic mass is 16.6. The zero-order valence-electron chi connectivity index (χ0n) is 40.2. The Bertz CT molecular complexity index is 973. The standard InChI is InChI=1S/C54H100O6/c1-4-7-10-13-15-17-19-21-22-23-24-25-26-27-28-29-30-31-32-33-35-36-38-41-44-47-53(56)59-50-51(49-58-52(55)46-43-40-12-9-6-3)60-54(57)48-45-42-39-37-34-20-18-16-14-11-8-5-2/h16,18,23-24,51H,4-15,17,19-22,25-50H2,1-3H3/b18-16-,24-23-. The lowest BCUT2D eigenvalue weighted by Crippen LogP contribution is -2.30. The topological polar surface area (TPSA) is 78.9 Å². The first kappa shape index (κ1) is 57.9. The highest BCUT2D eigenvalue weighted by molar-refractivity contribution is 5.71. The number of allylic oxidation sites excluding steroid dienone is 4. The number of unbranched alkanes of at least 4 members (excludes halogenated alkanes) is 33. The Labute approximate surface area is 373 Å². The summed E-state index contributed by atoms with van der Waals surface area (Å²) < 4.78 is 16.6. The van der Waals surface area contributed by atoms with E-state index >= 15 is 0 Å². The lowest BCUT2D eigenvalue weighted by Gasteiger charge is -2.18. The Kier molecular flexibility index (Phi) is 47.8. The van der Waals surface area contributed by atoms with Gasteiger partial charge in [-0.2, -0.15) is 0 Å². The first-order chi connectivity index (χ1) is 29.5. The number of carbonyl (C=O) groups is 3. The van der Waals surface area contributed by atoms with Crippen LogP contribution >= 0.6 is 0 Å². The minimum absolute atomic E-state index is 0.0723. The molecule has 60 heavy (non-hydrogen) atoms. The molecule has 0 heterocycles. The van der Waals surface area contributed by atoms with E-state index in [9.17, 15) is 14.4 Å². The molecule has 0 amide bonds. The van der Waals surface area contributed by atoms with Gasteiger partial charge in [0.05, 0.1) is 0 Å². The quantitative estimate of drug-likeness (QED) is 0.0263. The van der Waals surface area contributed by atoms with Crippen molar-refractivity contribution in [2.75, 3.05) is 13.2 Å². The molecule has 352 valence electrons. The molecule has 0 aliphatic heterocycles. The molecular formula is C54H100O6. The van der Waals surface area contributed by atoms with Crippen molar-refractivity contribution in [3.05, 3.63) is 24.3 Å². The van der Waals surface area contributed by atoms with E-state index in [4.69, 9.17) is 14.2 Å². The summed E-state index contributed by atoms with van der Waals surface area (Å²) in [7, 11) is 0. The molecule has 0 radical (unpaired) electrons. The van der Waals surface area contributed by atoms with E-state index in [0.29, 0.717) is 19.3 Å². The van der Waals surface area contributed by atoms with Gasteiger partial charge in [0.1, 0.15) is 13.2 Å². The maximum Gasteiger partial charge on any atom is 0.306 e. The SMILES string of the molecule is CCCCC/C=C\CCCCCCCC(=O)OC(COC(=O)CCCCCCC)COC(=O)CCCCCCCCCCCCCCC/C=C\CCCCCCCCCC. The molecule has 6 heteroatoms. The summed E-state index contributed by atoms with van der Waals surface area (Å²) in [6.07, 6.45) is 56.5. The van der Waals surface area contributed by atoms with Gasteiger partial charge in [-0.1, -0.05) is 218 Å². The van der Waals surface area contributed by atoms with Crippen molar-refractivity contribution < 1.29 is 28.6 Å². The molecule has 1 atom stereocenters. The number of carbonyl (C=O) groups excluding carboxylic acids is 3. The zero-order valence-corrected chi connectivity index (χ0v) is 40.2. The molecule has 0 rings (SSSR count). The van der Waals surface area contributed by atoms with Crippen LogP contribution in [0.2, 0.25) is 0 Å². The smallest absolute Gasteiger partial charge is 0.306 e. The van der Waals surface area contributed by atoms with Crippen LogP contribution in [0.15, 0.2) is 24.3 Å². The van der Waals surface area contributed by atoms with E-state index in [1.807, 2.05) is 0 Å². The van der Waals surface area contributed by atoms with E-state index in [1.165, 1.54) is 173 Å². The number of rotatable bonds is 48. The van der Waals surface area contributed by atoms with Crippen molar-refractivity contribution in [3.8, 4) is 0 Å². The molecule has 0 fully saturated rings. The third-order valence-corrected chi connectivity index (χ3v) is 11.7. The average Bonchev–Trinajstić information content (AvgIpc) is 3.24. The highest BCUT2D eigenvalue weighted by Gasteiger charge is 2.19. The lowest BCUT2D eigenvalue weighted by molar-refractivity contribution is -0.167. The second-order valence-electron chi connectivity index (χ2n) is 17.8. The van der Waals surface area contributed by atoms with Gasteiger partial charge in [0.15, 0.2) is 6.10 Å². The summed E-state index contributed by atoms with van der Waals surface area (Å²) in [4.78, 5) is 37.6. The molecule has 6 nitrogen and oxygen atoms in total. The fraction of sp³-hybridized carbons (Fsp3) is 0.870. The van der Waals surface area contributed by atoms with Crippen LogP contribution in [0.1, 0.15) is 284 Å². The first-order valence-electron chi connectivity index (χ1n) is 26.3. The number of ether oxygens (including phenoxy) is 3. The van der Waals surface area contributed by atoms with E-state index in [-0.39, 0.29) is 31.1 Å². The molecule has 0 aliphatic carbocycles. The van der Waals surface area contributed by atoms with Crippen LogP contribution in [0.25, 0.3) is 0 Å². The Balaban J connectivity index is 4.01. The third kappa shape index (κ3) is 46.9. The van der Waals surface area contributed by atoms with Gasteiger partial charge in [-0.15, -0.1) is 0 Å². The van der Waals surface area contributed by atoms with Crippen LogP contribution in [0.5, 0.6) is 0 Å². The molecule has 0 saturated carbocycles. The van der Waals surface area contributed by atoms with Crippen LogP contribution in [0.3, 0.4) is 0 Å². The van der Waals surface area contributed by atoms with Crippen LogP contribution in [-0.4, -0.2) is 37.2 Å². The monoisotopic (exact) mass is 845 g/mol. The van der Waals surface area contributed by atoms with E-state index in [2.05, 4.69) is 45.1 Å². The van der Waals surface area contributed by atoms with Crippen molar-refractivity contribution in [3.63, 3.8) is 0 Å². The van der Waals surface area contributed by atoms with Gasteiger partial charge in [0.25, 0.3) is 0 Å². The molecule has 0 spiro atoms. The second-order valence-corrected chi connectivity index (χ2v) is 17.8. The summed E-state index contributed by atoms with van der Waals surface area (Å²) in [5.41, 5.74) is 0. The Morgan fingerprint density at radius 1 is 0.317 bits per heavy atom.